The van der Waals surface area contributed by atoms with E-state index in [9.17, 15) is 15.3 Å². The molecule has 0 aromatic heterocycles. The zero-order valence-electron chi connectivity index (χ0n) is 8.08. The first kappa shape index (κ1) is 10.9. The van der Waals surface area contributed by atoms with Gasteiger partial charge in [0.15, 0.2) is 6.29 Å². The average Bonchev–Trinajstić information content (AvgIpc) is 2.01. The minimum absolute atomic E-state index is 0.467. The highest BCUT2D eigenvalue weighted by atomic mass is 16.6. The summed E-state index contributed by atoms with van der Waals surface area (Å²) in [5.74, 6) is 0. The van der Waals surface area contributed by atoms with Gasteiger partial charge < -0.3 is 25.0 Å². The molecule has 0 amide bonds. The van der Waals surface area contributed by atoms with E-state index in [-0.39, 0.29) is 0 Å². The van der Waals surface area contributed by atoms with E-state index >= 15 is 0 Å². The summed E-state index contributed by atoms with van der Waals surface area (Å²) in [5, 5.41) is 28.5. The lowest BCUT2D eigenvalue weighted by Crippen LogP contribution is -2.61. The SMILES string of the molecule is CC1O[C@@H](O)C(O)C(N(C)C)[C@@H]1O. The third-order valence-corrected chi connectivity index (χ3v) is 2.42. The van der Waals surface area contributed by atoms with Gasteiger partial charge in [0.05, 0.1) is 18.2 Å². The number of nitrogens with zero attached hydrogens (tertiary/aromatic N) is 1. The molecule has 1 aliphatic heterocycles. The van der Waals surface area contributed by atoms with E-state index in [0.29, 0.717) is 0 Å². The average molecular weight is 191 g/mol. The van der Waals surface area contributed by atoms with Crippen LogP contribution in [0.25, 0.3) is 0 Å². The normalized spacial score (nSPS) is 46.8. The Balaban J connectivity index is 2.76. The van der Waals surface area contributed by atoms with Crippen molar-refractivity contribution in [2.24, 2.45) is 0 Å². The fourth-order valence-electron chi connectivity index (χ4n) is 1.64. The minimum atomic E-state index is -1.22. The summed E-state index contributed by atoms with van der Waals surface area (Å²) < 4.78 is 4.92. The van der Waals surface area contributed by atoms with Crippen molar-refractivity contribution >= 4 is 0 Å². The van der Waals surface area contributed by atoms with Crippen molar-refractivity contribution in [3.05, 3.63) is 0 Å². The first-order chi connectivity index (χ1) is 5.95. The van der Waals surface area contributed by atoms with Crippen LogP contribution in [-0.4, -0.2) is 65.0 Å². The molecule has 0 spiro atoms. The van der Waals surface area contributed by atoms with Gasteiger partial charge in [0, 0.05) is 0 Å². The molecule has 0 radical (unpaired) electrons. The molecule has 0 aromatic rings. The van der Waals surface area contributed by atoms with E-state index in [1.54, 1.807) is 25.9 Å². The summed E-state index contributed by atoms with van der Waals surface area (Å²) in [6.45, 7) is 1.66. The number of likely N-dealkylation sites (N-methyl/N-ethyl adjacent to an activating group) is 1. The van der Waals surface area contributed by atoms with Gasteiger partial charge in [-0.25, -0.2) is 0 Å². The van der Waals surface area contributed by atoms with Gasteiger partial charge >= 0.3 is 0 Å². The summed E-state index contributed by atoms with van der Waals surface area (Å²) in [6, 6.07) is -0.487. The molecule has 0 aromatic carbocycles. The van der Waals surface area contributed by atoms with Gasteiger partial charge in [-0.15, -0.1) is 0 Å². The maximum atomic E-state index is 9.66. The number of ether oxygens (including phenoxy) is 1. The van der Waals surface area contributed by atoms with E-state index in [1.807, 2.05) is 0 Å². The molecule has 0 aliphatic carbocycles. The zero-order chi connectivity index (χ0) is 10.2. The molecule has 78 valence electrons. The van der Waals surface area contributed by atoms with Crippen molar-refractivity contribution in [1.29, 1.82) is 0 Å². The van der Waals surface area contributed by atoms with Crippen molar-refractivity contribution in [2.75, 3.05) is 14.1 Å². The fraction of sp³-hybridized carbons (Fsp3) is 1.00. The lowest BCUT2D eigenvalue weighted by Gasteiger charge is -2.42. The maximum Gasteiger partial charge on any atom is 0.182 e. The Morgan fingerprint density at radius 3 is 2.08 bits per heavy atom. The van der Waals surface area contributed by atoms with Gasteiger partial charge in [0.2, 0.25) is 0 Å². The van der Waals surface area contributed by atoms with Gasteiger partial charge in [0.25, 0.3) is 0 Å². The highest BCUT2D eigenvalue weighted by molar-refractivity contribution is 4.91. The van der Waals surface area contributed by atoms with E-state index in [4.69, 9.17) is 4.74 Å². The van der Waals surface area contributed by atoms with Gasteiger partial charge in [-0.2, -0.15) is 0 Å². The predicted octanol–water partition coefficient (Wildman–Crippen LogP) is -1.62. The lowest BCUT2D eigenvalue weighted by molar-refractivity contribution is -0.263. The summed E-state index contributed by atoms with van der Waals surface area (Å²) in [5.41, 5.74) is 0. The Hall–Kier alpha value is -0.200. The van der Waals surface area contributed by atoms with Gasteiger partial charge in [-0.1, -0.05) is 0 Å². The van der Waals surface area contributed by atoms with Crippen molar-refractivity contribution in [2.45, 2.75) is 37.6 Å². The van der Waals surface area contributed by atoms with Crippen LogP contribution < -0.4 is 0 Å². The quantitative estimate of drug-likeness (QED) is 0.464. The van der Waals surface area contributed by atoms with Crippen LogP contribution in [0.3, 0.4) is 0 Å². The molecule has 1 rings (SSSR count). The van der Waals surface area contributed by atoms with Crippen LogP contribution in [0, 0.1) is 0 Å². The number of hydrogen-bond donors (Lipinski definition) is 3. The molecule has 3 unspecified atom stereocenters. The molecule has 5 nitrogen and oxygen atoms in total. The molecule has 5 atom stereocenters. The summed E-state index contributed by atoms with van der Waals surface area (Å²) in [4.78, 5) is 1.68. The van der Waals surface area contributed by atoms with Crippen molar-refractivity contribution in [3.8, 4) is 0 Å². The Kier molecular flexibility index (Phi) is 3.26. The van der Waals surface area contributed by atoms with Crippen LogP contribution in [0.1, 0.15) is 6.92 Å². The summed E-state index contributed by atoms with van der Waals surface area (Å²) in [6.07, 6.45) is -3.54. The van der Waals surface area contributed by atoms with Crippen LogP contribution in [-0.2, 0) is 4.74 Å². The van der Waals surface area contributed by atoms with Gasteiger partial charge in [-0.05, 0) is 21.0 Å². The standard InChI is InChI=1S/C8H17NO4/c1-4-6(10)5(9(2)3)7(11)8(12)13-4/h4-8,10-12H,1-3H3/t4?,5?,6-,7?,8-/m1/s1. The highest BCUT2D eigenvalue weighted by Crippen LogP contribution is 2.22. The Bertz CT molecular complexity index is 162. The van der Waals surface area contributed by atoms with Crippen LogP contribution in [0.4, 0.5) is 0 Å². The molecule has 13 heavy (non-hydrogen) atoms. The van der Waals surface area contributed by atoms with Crippen LogP contribution in [0.15, 0.2) is 0 Å². The molecule has 1 fully saturated rings. The van der Waals surface area contributed by atoms with Crippen LogP contribution in [0.5, 0.6) is 0 Å². The van der Waals surface area contributed by atoms with E-state index in [0.717, 1.165) is 0 Å². The Morgan fingerprint density at radius 1 is 1.08 bits per heavy atom. The van der Waals surface area contributed by atoms with Crippen molar-refractivity contribution in [3.63, 3.8) is 0 Å². The molecule has 1 saturated heterocycles. The van der Waals surface area contributed by atoms with E-state index in [2.05, 4.69) is 0 Å². The number of aliphatic hydroxyl groups is 3. The first-order valence-electron chi connectivity index (χ1n) is 4.31. The minimum Gasteiger partial charge on any atom is -0.389 e. The second-order valence-electron chi connectivity index (χ2n) is 3.67. The third-order valence-electron chi connectivity index (χ3n) is 2.42. The van der Waals surface area contributed by atoms with Gasteiger partial charge in [0.1, 0.15) is 6.10 Å². The smallest absolute Gasteiger partial charge is 0.182 e. The molecule has 0 saturated carbocycles. The number of rotatable bonds is 1. The molecule has 0 bridgehead atoms. The summed E-state index contributed by atoms with van der Waals surface area (Å²) >= 11 is 0. The molecule has 1 heterocycles. The summed E-state index contributed by atoms with van der Waals surface area (Å²) in [7, 11) is 3.48. The van der Waals surface area contributed by atoms with Crippen LogP contribution >= 0.6 is 0 Å². The second-order valence-corrected chi connectivity index (χ2v) is 3.67. The highest BCUT2D eigenvalue weighted by Gasteiger charge is 2.42. The topological polar surface area (TPSA) is 73.2 Å². The van der Waals surface area contributed by atoms with E-state index < -0.39 is 30.6 Å². The van der Waals surface area contributed by atoms with Gasteiger partial charge in [-0.3, -0.25) is 0 Å². The third kappa shape index (κ3) is 2.00. The van der Waals surface area contributed by atoms with Crippen LogP contribution in [0.2, 0.25) is 0 Å². The zero-order valence-corrected chi connectivity index (χ0v) is 8.08. The lowest BCUT2D eigenvalue weighted by atomic mass is 9.96. The van der Waals surface area contributed by atoms with E-state index in [1.165, 1.54) is 0 Å². The van der Waals surface area contributed by atoms with Crippen molar-refractivity contribution in [1.82, 2.24) is 4.90 Å². The van der Waals surface area contributed by atoms with Crippen molar-refractivity contribution < 1.29 is 20.1 Å². The largest absolute Gasteiger partial charge is 0.389 e. The molecular formula is C8H17NO4. The first-order valence-corrected chi connectivity index (χ1v) is 4.31. The monoisotopic (exact) mass is 191 g/mol. The second kappa shape index (κ2) is 3.89. The fourth-order valence-corrected chi connectivity index (χ4v) is 1.64. The molecule has 1 aliphatic rings. The Labute approximate surface area is 77.5 Å². The molecular weight excluding hydrogens is 174 g/mol. The number of aliphatic hydroxyl groups excluding tert-OH is 3. The Morgan fingerprint density at radius 2 is 1.62 bits per heavy atom. The predicted molar refractivity (Wildman–Crippen MR) is 46.0 cm³/mol. The molecule has 5 heteroatoms. The maximum absolute atomic E-state index is 9.66. The molecule has 3 N–H and O–H groups in total. The number of hydrogen-bond acceptors (Lipinski definition) is 5.